The number of nitrogens with zero attached hydrogens (tertiary/aromatic N) is 1. The summed E-state index contributed by atoms with van der Waals surface area (Å²) < 4.78 is 5.31. The average Bonchev–Trinajstić information content (AvgIpc) is 2.48. The van der Waals surface area contributed by atoms with Gasteiger partial charge < -0.3 is 15.4 Å². The van der Waals surface area contributed by atoms with Gasteiger partial charge in [-0.3, -0.25) is 4.79 Å². The number of hydrogen-bond acceptors (Lipinski definition) is 3. The van der Waals surface area contributed by atoms with Crippen LogP contribution in [0.3, 0.4) is 0 Å². The number of nitrogens with two attached hydrogens (primary N) is 1. The summed E-state index contributed by atoms with van der Waals surface area (Å²) in [6.07, 6.45) is 1.47. The summed E-state index contributed by atoms with van der Waals surface area (Å²) in [5.74, 6) is 0.737. The summed E-state index contributed by atoms with van der Waals surface area (Å²) in [4.78, 5) is 14.4. The summed E-state index contributed by atoms with van der Waals surface area (Å²) in [6, 6.07) is 7.50. The van der Waals surface area contributed by atoms with Crippen molar-refractivity contribution in [1.82, 2.24) is 0 Å². The van der Waals surface area contributed by atoms with Crippen LogP contribution < -0.4 is 15.4 Å². The molecule has 2 N–H and O–H groups in total. The van der Waals surface area contributed by atoms with Crippen molar-refractivity contribution >= 4 is 11.6 Å². The highest BCUT2D eigenvalue weighted by atomic mass is 16.5. The Morgan fingerprint density at radius 1 is 1.32 bits per heavy atom. The number of anilines is 1. The maximum absolute atomic E-state index is 12.7. The molecule has 0 aromatic heterocycles. The lowest BCUT2D eigenvalue weighted by Gasteiger charge is -2.33. The Bertz CT molecular complexity index is 420. The van der Waals surface area contributed by atoms with E-state index in [0.717, 1.165) is 18.5 Å². The van der Waals surface area contributed by atoms with Gasteiger partial charge in [0.2, 0.25) is 5.91 Å². The normalized spacial score (nSPS) is 11.2. The minimum absolute atomic E-state index is 0.0458. The molecule has 0 unspecified atom stereocenters. The largest absolute Gasteiger partial charge is 0.495 e. The Kier molecular flexibility index (Phi) is 5.36. The zero-order valence-corrected chi connectivity index (χ0v) is 12.3. The molecule has 1 aromatic carbocycles. The lowest BCUT2D eigenvalue weighted by atomic mass is 9.81. The van der Waals surface area contributed by atoms with Crippen LogP contribution in [0.15, 0.2) is 24.3 Å². The van der Waals surface area contributed by atoms with Crippen LogP contribution in [0.1, 0.15) is 26.7 Å². The Morgan fingerprint density at radius 3 is 2.37 bits per heavy atom. The molecular formula is C15H24N2O2. The maximum atomic E-state index is 12.7. The van der Waals surface area contributed by atoms with E-state index in [4.69, 9.17) is 10.5 Å². The molecule has 0 aliphatic heterocycles. The minimum atomic E-state index is -0.490. The maximum Gasteiger partial charge on any atom is 0.234 e. The molecule has 1 aromatic rings. The number of benzene rings is 1. The number of carbonyl (C=O) groups is 1. The van der Waals surface area contributed by atoms with E-state index >= 15 is 0 Å². The van der Waals surface area contributed by atoms with E-state index in [9.17, 15) is 4.79 Å². The first-order valence-electron chi connectivity index (χ1n) is 6.67. The standard InChI is InChI=1S/C15H24N2O2/c1-5-15(6-2,11-16)14(18)17(3)12-9-7-8-10-13(12)19-4/h7-10H,5-6,11,16H2,1-4H3. The van der Waals surface area contributed by atoms with Crippen molar-refractivity contribution < 1.29 is 9.53 Å². The zero-order chi connectivity index (χ0) is 14.5. The fourth-order valence-corrected chi connectivity index (χ4v) is 2.30. The molecule has 0 atom stereocenters. The van der Waals surface area contributed by atoms with Crippen LogP contribution in [0, 0.1) is 5.41 Å². The van der Waals surface area contributed by atoms with Gasteiger partial charge in [-0.2, -0.15) is 0 Å². The van der Waals surface area contributed by atoms with Gasteiger partial charge in [0.15, 0.2) is 0 Å². The van der Waals surface area contributed by atoms with Crippen molar-refractivity contribution in [3.63, 3.8) is 0 Å². The Labute approximate surface area is 115 Å². The molecule has 0 fully saturated rings. The summed E-state index contributed by atoms with van der Waals surface area (Å²) in [6.45, 7) is 4.37. The van der Waals surface area contributed by atoms with Gasteiger partial charge in [0.25, 0.3) is 0 Å². The lowest BCUT2D eigenvalue weighted by molar-refractivity contribution is -0.127. The number of hydrogen-bond donors (Lipinski definition) is 1. The fourth-order valence-electron chi connectivity index (χ4n) is 2.30. The molecule has 1 amide bonds. The monoisotopic (exact) mass is 264 g/mol. The third-order valence-corrected chi connectivity index (χ3v) is 3.95. The lowest BCUT2D eigenvalue weighted by Crippen LogP contribution is -2.46. The van der Waals surface area contributed by atoms with Crippen molar-refractivity contribution in [1.29, 1.82) is 0 Å². The van der Waals surface area contributed by atoms with Crippen molar-refractivity contribution in [3.8, 4) is 5.75 Å². The molecule has 0 aliphatic carbocycles. The molecule has 106 valence electrons. The quantitative estimate of drug-likeness (QED) is 0.858. The van der Waals surface area contributed by atoms with E-state index in [2.05, 4.69) is 0 Å². The molecule has 0 bridgehead atoms. The third kappa shape index (κ3) is 2.89. The second-order valence-corrected chi connectivity index (χ2v) is 4.73. The molecular weight excluding hydrogens is 240 g/mol. The van der Waals surface area contributed by atoms with Crippen molar-refractivity contribution in [2.24, 2.45) is 11.1 Å². The van der Waals surface area contributed by atoms with Crippen LogP contribution in [-0.2, 0) is 4.79 Å². The highest BCUT2D eigenvalue weighted by Gasteiger charge is 2.36. The topological polar surface area (TPSA) is 55.6 Å². The summed E-state index contributed by atoms with van der Waals surface area (Å²) in [5, 5.41) is 0. The van der Waals surface area contributed by atoms with Gasteiger partial charge >= 0.3 is 0 Å². The molecule has 0 saturated carbocycles. The van der Waals surface area contributed by atoms with E-state index in [0.29, 0.717) is 12.3 Å². The van der Waals surface area contributed by atoms with Crippen molar-refractivity contribution in [3.05, 3.63) is 24.3 Å². The third-order valence-electron chi connectivity index (χ3n) is 3.95. The van der Waals surface area contributed by atoms with E-state index in [1.807, 2.05) is 38.1 Å². The van der Waals surface area contributed by atoms with Gasteiger partial charge in [0, 0.05) is 13.6 Å². The molecule has 0 radical (unpaired) electrons. The van der Waals surface area contributed by atoms with Crippen LogP contribution in [0.2, 0.25) is 0 Å². The molecule has 0 heterocycles. The zero-order valence-electron chi connectivity index (χ0n) is 12.3. The number of amides is 1. The SMILES string of the molecule is CCC(CC)(CN)C(=O)N(C)c1ccccc1OC. The van der Waals surface area contributed by atoms with Gasteiger partial charge in [-0.05, 0) is 25.0 Å². The van der Waals surface area contributed by atoms with E-state index in [-0.39, 0.29) is 5.91 Å². The van der Waals surface area contributed by atoms with Gasteiger partial charge in [0.05, 0.1) is 18.2 Å². The van der Waals surface area contributed by atoms with Gasteiger partial charge in [-0.1, -0.05) is 26.0 Å². The first kappa shape index (κ1) is 15.5. The fraction of sp³-hybridized carbons (Fsp3) is 0.533. The van der Waals surface area contributed by atoms with Crippen LogP contribution >= 0.6 is 0 Å². The molecule has 1 rings (SSSR count). The molecule has 4 heteroatoms. The van der Waals surface area contributed by atoms with Gasteiger partial charge in [0.1, 0.15) is 5.75 Å². The molecule has 4 nitrogen and oxygen atoms in total. The van der Waals surface area contributed by atoms with E-state index in [1.54, 1.807) is 19.1 Å². The molecule has 0 saturated heterocycles. The Balaban J connectivity index is 3.11. The minimum Gasteiger partial charge on any atom is -0.495 e. The predicted octanol–water partition coefficient (Wildman–Crippen LogP) is 2.42. The van der Waals surface area contributed by atoms with E-state index < -0.39 is 5.41 Å². The summed E-state index contributed by atoms with van der Waals surface area (Å²) >= 11 is 0. The molecule has 0 aliphatic rings. The van der Waals surface area contributed by atoms with Crippen molar-refractivity contribution in [2.75, 3.05) is 25.6 Å². The van der Waals surface area contributed by atoms with E-state index in [1.165, 1.54) is 0 Å². The van der Waals surface area contributed by atoms with Gasteiger partial charge in [-0.25, -0.2) is 0 Å². The van der Waals surface area contributed by atoms with Crippen molar-refractivity contribution in [2.45, 2.75) is 26.7 Å². The second kappa shape index (κ2) is 6.57. The smallest absolute Gasteiger partial charge is 0.234 e. The predicted molar refractivity (Wildman–Crippen MR) is 78.5 cm³/mol. The average molecular weight is 264 g/mol. The number of para-hydroxylation sites is 2. The van der Waals surface area contributed by atoms with Gasteiger partial charge in [-0.15, -0.1) is 0 Å². The number of methoxy groups -OCH3 is 1. The second-order valence-electron chi connectivity index (χ2n) is 4.73. The van der Waals surface area contributed by atoms with Crippen LogP contribution in [0.4, 0.5) is 5.69 Å². The number of ether oxygens (including phenoxy) is 1. The number of carbonyl (C=O) groups excluding carboxylic acids is 1. The van der Waals surface area contributed by atoms with Crippen LogP contribution in [0.25, 0.3) is 0 Å². The Morgan fingerprint density at radius 2 is 1.89 bits per heavy atom. The first-order chi connectivity index (χ1) is 9.06. The summed E-state index contributed by atoms with van der Waals surface area (Å²) in [5.41, 5.74) is 6.12. The van der Waals surface area contributed by atoms with Crippen LogP contribution in [0.5, 0.6) is 5.75 Å². The molecule has 0 spiro atoms. The highest BCUT2D eigenvalue weighted by Crippen LogP contribution is 2.33. The summed E-state index contributed by atoms with van der Waals surface area (Å²) in [7, 11) is 3.38. The molecule has 19 heavy (non-hydrogen) atoms. The Hall–Kier alpha value is -1.55. The van der Waals surface area contributed by atoms with Crippen LogP contribution in [-0.4, -0.2) is 26.6 Å². The number of rotatable bonds is 6. The first-order valence-corrected chi connectivity index (χ1v) is 6.67. The highest BCUT2D eigenvalue weighted by molar-refractivity contribution is 5.98.